The maximum Gasteiger partial charge on any atom is 0.314 e. The third kappa shape index (κ3) is 5.99. The number of carbonyl (C=O) groups is 1. The second-order valence-electron chi connectivity index (χ2n) is 9.01. The zero-order valence-electron chi connectivity index (χ0n) is 17.8. The van der Waals surface area contributed by atoms with Crippen LogP contribution in [0.2, 0.25) is 0 Å². The fourth-order valence-corrected chi connectivity index (χ4v) is 5.34. The summed E-state index contributed by atoms with van der Waals surface area (Å²) < 4.78 is 10.8. The van der Waals surface area contributed by atoms with E-state index in [0.717, 1.165) is 36.3 Å². The summed E-state index contributed by atoms with van der Waals surface area (Å²) in [6.45, 7) is 2.28. The highest BCUT2D eigenvalue weighted by Gasteiger charge is 2.38. The second-order valence-corrected chi connectivity index (χ2v) is 9.01. The van der Waals surface area contributed by atoms with Gasteiger partial charge in [-0.1, -0.05) is 51.9 Å². The van der Waals surface area contributed by atoms with Gasteiger partial charge in [-0.15, -0.1) is 0 Å². The van der Waals surface area contributed by atoms with Crippen LogP contribution >= 0.6 is 0 Å². The van der Waals surface area contributed by atoms with Gasteiger partial charge in [0.1, 0.15) is 11.5 Å². The maximum absolute atomic E-state index is 12.6. The molecule has 0 aliphatic heterocycles. The highest BCUT2D eigenvalue weighted by atomic mass is 16.5. The molecule has 0 saturated heterocycles. The van der Waals surface area contributed by atoms with Crippen LogP contribution in [0.15, 0.2) is 24.3 Å². The summed E-state index contributed by atoms with van der Waals surface area (Å²) in [6.07, 6.45) is 15.7. The van der Waals surface area contributed by atoms with Gasteiger partial charge in [0, 0.05) is 0 Å². The van der Waals surface area contributed by atoms with E-state index in [4.69, 9.17) is 9.47 Å². The first kappa shape index (κ1) is 21.2. The Balaban J connectivity index is 1.41. The summed E-state index contributed by atoms with van der Waals surface area (Å²) in [5.41, 5.74) is 0. The number of fused-ring (bicyclic) bond motifs is 1. The number of ether oxygens (including phenoxy) is 2. The molecule has 0 aromatic heterocycles. The van der Waals surface area contributed by atoms with Crippen molar-refractivity contribution in [2.75, 3.05) is 7.11 Å². The highest BCUT2D eigenvalue weighted by molar-refractivity contribution is 5.75. The molecule has 3 rings (SSSR count). The lowest BCUT2D eigenvalue weighted by molar-refractivity contribution is -0.141. The second kappa shape index (κ2) is 10.9. The number of hydrogen-bond acceptors (Lipinski definition) is 3. The van der Waals surface area contributed by atoms with Crippen LogP contribution in [0, 0.1) is 23.7 Å². The SMILES string of the molecule is CCCCCCCC1CCC2CC(C(=O)Oc3ccc(OC)cc3)CCC2C1. The molecule has 0 amide bonds. The number of carbonyl (C=O) groups excluding carboxylic acids is 1. The molecular weight excluding hydrogens is 348 g/mol. The third-order valence-corrected chi connectivity index (χ3v) is 7.05. The van der Waals surface area contributed by atoms with E-state index in [-0.39, 0.29) is 11.9 Å². The predicted octanol–water partition coefficient (Wildman–Crippen LogP) is 6.79. The average molecular weight is 387 g/mol. The minimum absolute atomic E-state index is 0.0401. The minimum atomic E-state index is -0.0401. The van der Waals surface area contributed by atoms with Crippen LogP contribution in [-0.4, -0.2) is 13.1 Å². The van der Waals surface area contributed by atoms with Crippen molar-refractivity contribution >= 4 is 5.97 Å². The summed E-state index contributed by atoms with van der Waals surface area (Å²) in [5, 5.41) is 0. The summed E-state index contributed by atoms with van der Waals surface area (Å²) in [6, 6.07) is 7.30. The van der Waals surface area contributed by atoms with Crippen molar-refractivity contribution in [3.05, 3.63) is 24.3 Å². The van der Waals surface area contributed by atoms with Crippen molar-refractivity contribution in [1.82, 2.24) is 0 Å². The van der Waals surface area contributed by atoms with Crippen LogP contribution in [0.5, 0.6) is 11.5 Å². The van der Waals surface area contributed by atoms with Crippen LogP contribution < -0.4 is 9.47 Å². The molecule has 4 unspecified atom stereocenters. The Morgan fingerprint density at radius 3 is 2.32 bits per heavy atom. The van der Waals surface area contributed by atoms with Crippen molar-refractivity contribution in [3.8, 4) is 11.5 Å². The topological polar surface area (TPSA) is 35.5 Å². The third-order valence-electron chi connectivity index (χ3n) is 7.05. The number of esters is 1. The molecule has 156 valence electrons. The van der Waals surface area contributed by atoms with E-state index in [1.165, 1.54) is 64.2 Å². The molecule has 3 heteroatoms. The Hall–Kier alpha value is -1.51. The van der Waals surface area contributed by atoms with Gasteiger partial charge in [-0.3, -0.25) is 4.79 Å². The first-order valence-corrected chi connectivity index (χ1v) is 11.5. The van der Waals surface area contributed by atoms with Crippen LogP contribution in [0.25, 0.3) is 0 Å². The van der Waals surface area contributed by atoms with Gasteiger partial charge < -0.3 is 9.47 Å². The van der Waals surface area contributed by atoms with Gasteiger partial charge in [0.15, 0.2) is 0 Å². The number of benzene rings is 1. The van der Waals surface area contributed by atoms with E-state index in [1.54, 1.807) is 7.11 Å². The van der Waals surface area contributed by atoms with Crippen molar-refractivity contribution in [2.24, 2.45) is 23.7 Å². The largest absolute Gasteiger partial charge is 0.497 e. The van der Waals surface area contributed by atoms with Gasteiger partial charge >= 0.3 is 5.97 Å². The molecule has 1 aromatic rings. The number of hydrogen-bond donors (Lipinski definition) is 0. The molecule has 2 saturated carbocycles. The minimum Gasteiger partial charge on any atom is -0.497 e. The smallest absolute Gasteiger partial charge is 0.314 e. The highest BCUT2D eigenvalue weighted by Crippen LogP contribution is 2.46. The Kier molecular flexibility index (Phi) is 8.24. The Bertz CT molecular complexity index is 594. The van der Waals surface area contributed by atoms with E-state index < -0.39 is 0 Å². The molecule has 4 atom stereocenters. The fraction of sp³-hybridized carbons (Fsp3) is 0.720. The summed E-state index contributed by atoms with van der Waals surface area (Å²) in [5.74, 6) is 3.96. The van der Waals surface area contributed by atoms with E-state index >= 15 is 0 Å². The van der Waals surface area contributed by atoms with E-state index in [9.17, 15) is 4.79 Å². The van der Waals surface area contributed by atoms with Crippen LogP contribution in [0.4, 0.5) is 0 Å². The predicted molar refractivity (Wildman–Crippen MR) is 114 cm³/mol. The fourth-order valence-electron chi connectivity index (χ4n) is 5.34. The van der Waals surface area contributed by atoms with Crippen LogP contribution in [-0.2, 0) is 4.79 Å². The lowest BCUT2D eigenvalue weighted by Crippen LogP contribution is -2.35. The monoisotopic (exact) mass is 386 g/mol. The molecule has 0 heterocycles. The van der Waals surface area contributed by atoms with Gasteiger partial charge in [0.25, 0.3) is 0 Å². The Morgan fingerprint density at radius 1 is 0.893 bits per heavy atom. The molecule has 0 radical (unpaired) electrons. The van der Waals surface area contributed by atoms with Crippen molar-refractivity contribution < 1.29 is 14.3 Å². The van der Waals surface area contributed by atoms with Gasteiger partial charge in [-0.2, -0.15) is 0 Å². The number of methoxy groups -OCH3 is 1. The van der Waals surface area contributed by atoms with E-state index in [1.807, 2.05) is 24.3 Å². The quantitative estimate of drug-likeness (QED) is 0.266. The molecule has 3 nitrogen and oxygen atoms in total. The maximum atomic E-state index is 12.6. The molecule has 28 heavy (non-hydrogen) atoms. The lowest BCUT2D eigenvalue weighted by atomic mass is 9.64. The van der Waals surface area contributed by atoms with Gasteiger partial charge in [-0.05, 0) is 74.1 Å². The van der Waals surface area contributed by atoms with Gasteiger partial charge in [0.05, 0.1) is 13.0 Å². The molecular formula is C25H38O3. The molecule has 2 fully saturated rings. The molecule has 0 spiro atoms. The Labute approximate surface area is 171 Å². The summed E-state index contributed by atoms with van der Waals surface area (Å²) in [4.78, 5) is 12.6. The van der Waals surface area contributed by atoms with Gasteiger partial charge in [0.2, 0.25) is 0 Å². The molecule has 2 aliphatic carbocycles. The van der Waals surface area contributed by atoms with Crippen LogP contribution in [0.3, 0.4) is 0 Å². The van der Waals surface area contributed by atoms with Crippen molar-refractivity contribution in [1.29, 1.82) is 0 Å². The van der Waals surface area contributed by atoms with Crippen molar-refractivity contribution in [3.63, 3.8) is 0 Å². The molecule has 1 aromatic carbocycles. The summed E-state index contributed by atoms with van der Waals surface area (Å²) in [7, 11) is 1.64. The first-order valence-electron chi connectivity index (χ1n) is 11.5. The zero-order chi connectivity index (χ0) is 19.8. The van der Waals surface area contributed by atoms with Gasteiger partial charge in [-0.25, -0.2) is 0 Å². The van der Waals surface area contributed by atoms with Crippen LogP contribution in [0.1, 0.15) is 84.0 Å². The Morgan fingerprint density at radius 2 is 1.57 bits per heavy atom. The normalized spacial score (nSPS) is 27.1. The zero-order valence-corrected chi connectivity index (χ0v) is 17.8. The molecule has 0 N–H and O–H groups in total. The average Bonchev–Trinajstić information content (AvgIpc) is 2.73. The number of rotatable bonds is 9. The molecule has 2 aliphatic rings. The van der Waals surface area contributed by atoms with Crippen molar-refractivity contribution in [2.45, 2.75) is 84.0 Å². The molecule has 0 bridgehead atoms. The number of unbranched alkanes of at least 4 members (excludes halogenated alkanes) is 4. The lowest BCUT2D eigenvalue weighted by Gasteiger charge is -2.41. The first-order chi connectivity index (χ1) is 13.7. The van der Waals surface area contributed by atoms with E-state index in [0.29, 0.717) is 5.75 Å². The van der Waals surface area contributed by atoms with E-state index in [2.05, 4.69) is 6.92 Å². The summed E-state index contributed by atoms with van der Waals surface area (Å²) >= 11 is 0. The standard InChI is InChI=1S/C25H38O3/c1-3-4-5-6-7-8-19-9-10-21-18-22(12-11-20(21)17-19)25(26)28-24-15-13-23(27-2)14-16-24/h13-16,19-22H,3-12,17-18H2,1-2H3.